The number of carbonyl (C=O) groups is 1. The zero-order valence-corrected chi connectivity index (χ0v) is 16.2. The first-order valence-electron chi connectivity index (χ1n) is 9.27. The molecular formula is C21H27NO3S. The lowest BCUT2D eigenvalue weighted by Crippen LogP contribution is -2.38. The molecule has 2 atom stereocenters. The maximum absolute atomic E-state index is 12.8. The smallest absolute Gasteiger partial charge is 0.232 e. The molecule has 0 saturated heterocycles. The number of hydrogen-bond donors (Lipinski definition) is 2. The summed E-state index contributed by atoms with van der Waals surface area (Å²) >= 11 is 1.62. The molecule has 0 bridgehead atoms. The molecule has 1 aromatic heterocycles. The monoisotopic (exact) mass is 373 g/mol. The lowest BCUT2D eigenvalue weighted by Gasteiger charge is -2.21. The Morgan fingerprint density at radius 2 is 2.04 bits per heavy atom. The van der Waals surface area contributed by atoms with Crippen molar-refractivity contribution in [1.82, 2.24) is 5.32 Å². The fourth-order valence-corrected chi connectivity index (χ4v) is 3.93. The number of hydrogen-bond acceptors (Lipinski definition) is 4. The Hall–Kier alpha value is -1.85. The van der Waals surface area contributed by atoms with Crippen LogP contribution in [0, 0.1) is 5.92 Å². The van der Waals surface area contributed by atoms with Gasteiger partial charge in [0.25, 0.3) is 0 Å². The molecule has 1 fully saturated rings. The number of nitrogens with one attached hydrogen (secondary N) is 1. The van der Waals surface area contributed by atoms with Gasteiger partial charge in [0, 0.05) is 4.88 Å². The maximum Gasteiger partial charge on any atom is 0.232 e. The van der Waals surface area contributed by atoms with Gasteiger partial charge < -0.3 is 15.2 Å². The van der Waals surface area contributed by atoms with Gasteiger partial charge in [-0.15, -0.1) is 11.3 Å². The quantitative estimate of drug-likeness (QED) is 0.697. The Morgan fingerprint density at radius 3 is 2.58 bits per heavy atom. The third-order valence-electron chi connectivity index (χ3n) is 5.18. The highest BCUT2D eigenvalue weighted by Crippen LogP contribution is 2.50. The first kappa shape index (κ1) is 18.9. The molecule has 0 spiro atoms. The van der Waals surface area contributed by atoms with E-state index in [9.17, 15) is 9.90 Å². The summed E-state index contributed by atoms with van der Waals surface area (Å²) in [7, 11) is 0. The molecule has 1 aliphatic carbocycles. The molecule has 1 aromatic carbocycles. The Morgan fingerprint density at radius 1 is 1.31 bits per heavy atom. The van der Waals surface area contributed by atoms with Gasteiger partial charge in [0.05, 0.1) is 24.7 Å². The van der Waals surface area contributed by atoms with E-state index in [4.69, 9.17) is 4.74 Å². The lowest BCUT2D eigenvalue weighted by molar-refractivity contribution is -0.124. The fraction of sp³-hybridized carbons (Fsp3) is 0.476. The lowest BCUT2D eigenvalue weighted by atomic mass is 10.0. The van der Waals surface area contributed by atoms with E-state index in [1.54, 1.807) is 11.3 Å². The number of aliphatic hydroxyl groups excluding tert-OH is 1. The van der Waals surface area contributed by atoms with Crippen molar-refractivity contribution < 1.29 is 14.6 Å². The van der Waals surface area contributed by atoms with E-state index in [0.29, 0.717) is 12.5 Å². The predicted molar refractivity (Wildman–Crippen MR) is 105 cm³/mol. The first-order valence-corrected chi connectivity index (χ1v) is 10.2. The molecule has 1 aliphatic rings. The number of aliphatic hydroxyl groups is 1. The molecule has 26 heavy (non-hydrogen) atoms. The molecule has 1 heterocycles. The largest absolute Gasteiger partial charge is 0.493 e. The number of amides is 1. The zero-order chi connectivity index (χ0) is 18.6. The van der Waals surface area contributed by atoms with Gasteiger partial charge in [0.2, 0.25) is 5.91 Å². The highest BCUT2D eigenvalue weighted by atomic mass is 32.1. The van der Waals surface area contributed by atoms with Gasteiger partial charge in [-0.1, -0.05) is 38.5 Å². The van der Waals surface area contributed by atoms with Crippen LogP contribution in [0.3, 0.4) is 0 Å². The van der Waals surface area contributed by atoms with Gasteiger partial charge in [0.15, 0.2) is 0 Å². The van der Waals surface area contributed by atoms with Crippen LogP contribution < -0.4 is 10.1 Å². The van der Waals surface area contributed by atoms with Gasteiger partial charge in [-0.2, -0.15) is 0 Å². The van der Waals surface area contributed by atoms with Gasteiger partial charge in [-0.25, -0.2) is 0 Å². The summed E-state index contributed by atoms with van der Waals surface area (Å²) in [4.78, 5) is 13.9. The molecular weight excluding hydrogens is 346 g/mol. The summed E-state index contributed by atoms with van der Waals surface area (Å²) in [6.07, 6.45) is 2.84. The Balaban J connectivity index is 1.63. The van der Waals surface area contributed by atoms with Crippen molar-refractivity contribution in [2.24, 2.45) is 5.92 Å². The van der Waals surface area contributed by atoms with Crippen LogP contribution in [0.5, 0.6) is 5.75 Å². The highest BCUT2D eigenvalue weighted by molar-refractivity contribution is 7.10. The van der Waals surface area contributed by atoms with E-state index in [1.807, 2.05) is 41.8 Å². The van der Waals surface area contributed by atoms with Crippen LogP contribution in [-0.2, 0) is 10.2 Å². The van der Waals surface area contributed by atoms with Gasteiger partial charge in [0.1, 0.15) is 5.75 Å². The second-order valence-corrected chi connectivity index (χ2v) is 8.11. The Labute approximate surface area is 159 Å². The van der Waals surface area contributed by atoms with E-state index in [2.05, 4.69) is 19.2 Å². The molecule has 3 rings (SSSR count). The topological polar surface area (TPSA) is 58.6 Å². The van der Waals surface area contributed by atoms with E-state index in [-0.39, 0.29) is 17.9 Å². The predicted octanol–water partition coefficient (Wildman–Crippen LogP) is 4.05. The van der Waals surface area contributed by atoms with Crippen LogP contribution in [0.25, 0.3) is 0 Å². The molecule has 140 valence electrons. The molecule has 0 aliphatic heterocycles. The van der Waals surface area contributed by atoms with Crippen molar-refractivity contribution in [3.8, 4) is 5.75 Å². The van der Waals surface area contributed by atoms with E-state index in [1.165, 1.54) is 0 Å². The van der Waals surface area contributed by atoms with Crippen LogP contribution in [0.1, 0.15) is 49.6 Å². The molecule has 2 N–H and O–H groups in total. The minimum Gasteiger partial charge on any atom is -0.493 e. The molecule has 1 saturated carbocycles. The number of rotatable bonds is 9. The zero-order valence-electron chi connectivity index (χ0n) is 15.4. The highest BCUT2D eigenvalue weighted by Gasteiger charge is 2.52. The normalized spacial score (nSPS) is 17.3. The number of carbonyl (C=O) groups excluding carboxylic acids is 1. The second kappa shape index (κ2) is 8.23. The van der Waals surface area contributed by atoms with E-state index < -0.39 is 6.04 Å². The van der Waals surface area contributed by atoms with Crippen LogP contribution >= 0.6 is 11.3 Å². The Kier molecular flexibility index (Phi) is 5.99. The Bertz CT molecular complexity index is 707. The second-order valence-electron chi connectivity index (χ2n) is 7.16. The van der Waals surface area contributed by atoms with Crippen molar-refractivity contribution in [2.75, 3.05) is 13.2 Å². The van der Waals surface area contributed by atoms with E-state index >= 15 is 0 Å². The van der Waals surface area contributed by atoms with Gasteiger partial charge in [-0.3, -0.25) is 4.79 Å². The fourth-order valence-electron chi connectivity index (χ4n) is 2.94. The minimum atomic E-state index is -0.399. The molecule has 4 nitrogen and oxygen atoms in total. The first-order chi connectivity index (χ1) is 12.6. The SMILES string of the molecule is CC[C@H](C)COc1ccc([C@H](CO)NC(=O)C2(c3cccs3)CC2)cc1. The summed E-state index contributed by atoms with van der Waals surface area (Å²) < 4.78 is 5.77. The number of benzene rings is 1. The van der Waals surface area contributed by atoms with Crippen LogP contribution in [0.4, 0.5) is 0 Å². The third kappa shape index (κ3) is 4.10. The van der Waals surface area contributed by atoms with E-state index in [0.717, 1.165) is 35.5 Å². The van der Waals surface area contributed by atoms with Crippen molar-refractivity contribution in [3.63, 3.8) is 0 Å². The molecule has 0 radical (unpaired) electrons. The van der Waals surface area contributed by atoms with Crippen LogP contribution in [0.15, 0.2) is 41.8 Å². The van der Waals surface area contributed by atoms with Gasteiger partial charge >= 0.3 is 0 Å². The number of thiophene rings is 1. The minimum absolute atomic E-state index is 0.0103. The molecule has 5 heteroatoms. The number of ether oxygens (including phenoxy) is 1. The summed E-state index contributed by atoms with van der Waals surface area (Å²) in [6.45, 7) is 4.88. The van der Waals surface area contributed by atoms with Crippen molar-refractivity contribution in [2.45, 2.75) is 44.6 Å². The summed E-state index contributed by atoms with van der Waals surface area (Å²) in [6, 6.07) is 11.2. The maximum atomic E-state index is 12.8. The third-order valence-corrected chi connectivity index (χ3v) is 6.25. The average Bonchev–Trinajstić information content (AvgIpc) is 3.30. The average molecular weight is 374 g/mol. The summed E-state index contributed by atoms with van der Waals surface area (Å²) in [5.41, 5.74) is 0.500. The van der Waals surface area contributed by atoms with Crippen molar-refractivity contribution in [1.29, 1.82) is 0 Å². The van der Waals surface area contributed by atoms with Crippen LogP contribution in [-0.4, -0.2) is 24.2 Å². The van der Waals surface area contributed by atoms with Crippen molar-refractivity contribution >= 4 is 17.2 Å². The van der Waals surface area contributed by atoms with Crippen molar-refractivity contribution in [3.05, 3.63) is 52.2 Å². The summed E-state index contributed by atoms with van der Waals surface area (Å²) in [5.74, 6) is 1.34. The molecule has 0 unspecified atom stereocenters. The van der Waals surface area contributed by atoms with Gasteiger partial charge in [-0.05, 0) is 47.9 Å². The molecule has 2 aromatic rings. The van der Waals surface area contributed by atoms with Crippen LogP contribution in [0.2, 0.25) is 0 Å². The summed E-state index contributed by atoms with van der Waals surface area (Å²) in [5, 5.41) is 14.8. The standard InChI is InChI=1S/C21H27NO3S/c1-3-15(2)14-25-17-8-6-16(7-9-17)18(13-23)22-20(24)21(10-11-21)19-5-4-12-26-19/h4-9,12,15,18,23H,3,10-11,13-14H2,1-2H3,(H,22,24)/t15-,18-/m0/s1. The molecule has 1 amide bonds.